The smallest absolute Gasteiger partial charge is 0.251 e. The van der Waals surface area contributed by atoms with Crippen LogP contribution in [-0.2, 0) is 16.1 Å². The summed E-state index contributed by atoms with van der Waals surface area (Å²) in [5.74, 6) is 2.78. The molecular formula is C22H25NO5. The molecule has 2 fully saturated rings. The summed E-state index contributed by atoms with van der Waals surface area (Å²) in [6.07, 6.45) is 1.98. The molecule has 6 heteroatoms. The Kier molecular flexibility index (Phi) is 5.39. The van der Waals surface area contributed by atoms with Crippen LogP contribution in [0.25, 0.3) is 0 Å². The maximum atomic E-state index is 12.5. The molecule has 1 atom stereocenters. The van der Waals surface area contributed by atoms with E-state index < -0.39 is 6.23 Å². The standard InChI is InChI=1S/C22H25NO5/c1-25-18-4-3-5-19(26-2)21(18)22-23(20(24)14-28-22)12-15-8-10-17(11-9-15)27-13-16-6-7-16/h3-5,8-11,16,22H,6-7,12-14H2,1-2H3. The Balaban J connectivity index is 1.52. The van der Waals surface area contributed by atoms with Crippen LogP contribution in [0, 0.1) is 5.92 Å². The largest absolute Gasteiger partial charge is 0.496 e. The van der Waals surface area contributed by atoms with Crippen molar-refractivity contribution in [2.24, 2.45) is 5.92 Å². The van der Waals surface area contributed by atoms with Gasteiger partial charge in [0.2, 0.25) is 0 Å². The Morgan fingerprint density at radius 2 is 1.71 bits per heavy atom. The number of hydrogen-bond donors (Lipinski definition) is 0. The normalized spacial score (nSPS) is 19.0. The van der Waals surface area contributed by atoms with Crippen LogP contribution in [-0.4, -0.2) is 38.2 Å². The quantitative estimate of drug-likeness (QED) is 0.698. The minimum absolute atomic E-state index is 0.0362. The maximum Gasteiger partial charge on any atom is 0.251 e. The number of rotatable bonds is 8. The summed E-state index contributed by atoms with van der Waals surface area (Å²) in [6, 6.07) is 13.4. The molecule has 28 heavy (non-hydrogen) atoms. The molecule has 0 aromatic heterocycles. The third-order valence-electron chi connectivity index (χ3n) is 5.14. The van der Waals surface area contributed by atoms with Gasteiger partial charge in [0.05, 0.1) is 26.4 Å². The Morgan fingerprint density at radius 3 is 2.32 bits per heavy atom. The number of ether oxygens (including phenoxy) is 4. The average molecular weight is 383 g/mol. The molecule has 2 aromatic carbocycles. The summed E-state index contributed by atoms with van der Waals surface area (Å²) >= 11 is 0. The molecule has 1 saturated carbocycles. The summed E-state index contributed by atoms with van der Waals surface area (Å²) in [5, 5.41) is 0. The highest BCUT2D eigenvalue weighted by atomic mass is 16.5. The van der Waals surface area contributed by atoms with E-state index in [0.717, 1.165) is 29.4 Å². The second-order valence-electron chi connectivity index (χ2n) is 7.16. The monoisotopic (exact) mass is 383 g/mol. The van der Waals surface area contributed by atoms with Crippen molar-refractivity contribution >= 4 is 5.91 Å². The highest BCUT2D eigenvalue weighted by Gasteiger charge is 2.37. The lowest BCUT2D eigenvalue weighted by Crippen LogP contribution is -2.28. The van der Waals surface area contributed by atoms with E-state index in [4.69, 9.17) is 18.9 Å². The maximum absolute atomic E-state index is 12.5. The zero-order chi connectivity index (χ0) is 19.5. The topological polar surface area (TPSA) is 57.2 Å². The van der Waals surface area contributed by atoms with Crippen LogP contribution in [0.15, 0.2) is 42.5 Å². The van der Waals surface area contributed by atoms with E-state index in [1.165, 1.54) is 12.8 Å². The van der Waals surface area contributed by atoms with Gasteiger partial charge >= 0.3 is 0 Å². The number of nitrogens with zero attached hydrogens (tertiary/aromatic N) is 1. The van der Waals surface area contributed by atoms with Gasteiger partial charge in [-0.1, -0.05) is 18.2 Å². The van der Waals surface area contributed by atoms with Gasteiger partial charge < -0.3 is 23.8 Å². The highest BCUT2D eigenvalue weighted by Crippen LogP contribution is 2.40. The van der Waals surface area contributed by atoms with Crippen molar-refractivity contribution in [2.75, 3.05) is 27.4 Å². The Bertz CT molecular complexity index is 809. The summed E-state index contributed by atoms with van der Waals surface area (Å²) < 4.78 is 22.6. The number of methoxy groups -OCH3 is 2. The SMILES string of the molecule is COc1cccc(OC)c1C1OCC(=O)N1Cc1ccc(OCC2CC2)cc1. The summed E-state index contributed by atoms with van der Waals surface area (Å²) in [6.45, 7) is 1.26. The van der Waals surface area contributed by atoms with Crippen LogP contribution in [0.4, 0.5) is 0 Å². The van der Waals surface area contributed by atoms with Gasteiger partial charge in [-0.05, 0) is 48.6 Å². The fourth-order valence-corrected chi connectivity index (χ4v) is 3.37. The van der Waals surface area contributed by atoms with Crippen molar-refractivity contribution in [2.45, 2.75) is 25.6 Å². The first kappa shape index (κ1) is 18.6. The highest BCUT2D eigenvalue weighted by molar-refractivity contribution is 5.80. The van der Waals surface area contributed by atoms with E-state index in [9.17, 15) is 4.79 Å². The Labute approximate surface area is 165 Å². The first-order valence-corrected chi connectivity index (χ1v) is 9.53. The number of amides is 1. The van der Waals surface area contributed by atoms with Crippen molar-refractivity contribution in [1.29, 1.82) is 0 Å². The van der Waals surface area contributed by atoms with E-state index in [1.807, 2.05) is 42.5 Å². The lowest BCUT2D eigenvalue weighted by molar-refractivity contribution is -0.128. The molecule has 0 spiro atoms. The van der Waals surface area contributed by atoms with Crippen LogP contribution in [0.1, 0.15) is 30.2 Å². The molecule has 2 aliphatic rings. The molecule has 0 N–H and O–H groups in total. The minimum Gasteiger partial charge on any atom is -0.496 e. The predicted molar refractivity (Wildman–Crippen MR) is 103 cm³/mol. The van der Waals surface area contributed by atoms with Gasteiger partial charge in [-0.3, -0.25) is 4.79 Å². The number of hydrogen-bond acceptors (Lipinski definition) is 5. The number of benzene rings is 2. The first-order valence-electron chi connectivity index (χ1n) is 9.53. The average Bonchev–Trinajstić information content (AvgIpc) is 3.50. The zero-order valence-electron chi connectivity index (χ0n) is 16.2. The molecule has 1 heterocycles. The minimum atomic E-state index is -0.551. The van der Waals surface area contributed by atoms with Crippen molar-refractivity contribution in [3.05, 3.63) is 53.6 Å². The lowest BCUT2D eigenvalue weighted by Gasteiger charge is -2.26. The molecule has 0 radical (unpaired) electrons. The fourth-order valence-electron chi connectivity index (χ4n) is 3.37. The number of carbonyl (C=O) groups is 1. The van der Waals surface area contributed by atoms with Gasteiger partial charge in [0.1, 0.15) is 23.9 Å². The molecule has 1 aliphatic carbocycles. The van der Waals surface area contributed by atoms with Gasteiger partial charge in [-0.15, -0.1) is 0 Å². The van der Waals surface area contributed by atoms with Gasteiger partial charge in [-0.2, -0.15) is 0 Å². The van der Waals surface area contributed by atoms with Crippen LogP contribution in [0.5, 0.6) is 17.2 Å². The molecule has 0 bridgehead atoms. The van der Waals surface area contributed by atoms with E-state index in [1.54, 1.807) is 19.1 Å². The molecule has 4 rings (SSSR count). The lowest BCUT2D eigenvalue weighted by atomic mass is 10.1. The number of carbonyl (C=O) groups excluding carboxylic acids is 1. The van der Waals surface area contributed by atoms with Crippen molar-refractivity contribution in [3.8, 4) is 17.2 Å². The molecular weight excluding hydrogens is 358 g/mol. The molecule has 6 nitrogen and oxygen atoms in total. The summed E-state index contributed by atoms with van der Waals surface area (Å²) in [7, 11) is 3.19. The van der Waals surface area contributed by atoms with Crippen LogP contribution in [0.3, 0.4) is 0 Å². The summed E-state index contributed by atoms with van der Waals surface area (Å²) in [4.78, 5) is 14.2. The van der Waals surface area contributed by atoms with E-state index in [-0.39, 0.29) is 12.5 Å². The van der Waals surface area contributed by atoms with E-state index in [2.05, 4.69) is 0 Å². The second-order valence-corrected chi connectivity index (χ2v) is 7.16. The van der Waals surface area contributed by atoms with Gasteiger partial charge in [0.15, 0.2) is 6.23 Å². The molecule has 1 saturated heterocycles. The Morgan fingerprint density at radius 1 is 1.04 bits per heavy atom. The zero-order valence-corrected chi connectivity index (χ0v) is 16.2. The molecule has 1 aliphatic heterocycles. The Hall–Kier alpha value is -2.73. The molecule has 1 amide bonds. The van der Waals surface area contributed by atoms with Gasteiger partial charge in [0.25, 0.3) is 5.91 Å². The van der Waals surface area contributed by atoms with E-state index >= 15 is 0 Å². The van der Waals surface area contributed by atoms with E-state index in [0.29, 0.717) is 18.0 Å². The summed E-state index contributed by atoms with van der Waals surface area (Å²) in [5.41, 5.74) is 1.74. The second kappa shape index (κ2) is 8.10. The molecule has 2 aromatic rings. The van der Waals surface area contributed by atoms with Crippen LogP contribution >= 0.6 is 0 Å². The van der Waals surface area contributed by atoms with Gasteiger partial charge in [0, 0.05) is 6.54 Å². The van der Waals surface area contributed by atoms with Crippen molar-refractivity contribution in [1.82, 2.24) is 4.90 Å². The molecule has 148 valence electrons. The third kappa shape index (κ3) is 3.92. The predicted octanol–water partition coefficient (Wildman–Crippen LogP) is 3.55. The van der Waals surface area contributed by atoms with Crippen molar-refractivity contribution < 1.29 is 23.7 Å². The van der Waals surface area contributed by atoms with Gasteiger partial charge in [-0.25, -0.2) is 0 Å². The van der Waals surface area contributed by atoms with Crippen molar-refractivity contribution in [3.63, 3.8) is 0 Å². The third-order valence-corrected chi connectivity index (χ3v) is 5.14. The molecule has 1 unspecified atom stereocenters. The van der Waals surface area contributed by atoms with Crippen LogP contribution in [0.2, 0.25) is 0 Å². The first-order chi connectivity index (χ1) is 13.7. The fraction of sp³-hybridized carbons (Fsp3) is 0.409. The van der Waals surface area contributed by atoms with Crippen LogP contribution < -0.4 is 14.2 Å².